The van der Waals surface area contributed by atoms with Crippen molar-refractivity contribution in [3.63, 3.8) is 0 Å². The molecule has 3 aromatic rings. The number of thioether (sulfide) groups is 1. The van der Waals surface area contributed by atoms with Crippen LogP contribution in [0, 0.1) is 20.8 Å². The first-order valence-electron chi connectivity index (χ1n) is 10.0. The number of carbonyl (C=O) groups is 1. The third kappa shape index (κ3) is 6.09. The van der Waals surface area contributed by atoms with E-state index in [1.54, 1.807) is 18.4 Å². The summed E-state index contributed by atoms with van der Waals surface area (Å²) in [6, 6.07) is 12.2. The molecule has 0 unspecified atom stereocenters. The van der Waals surface area contributed by atoms with Gasteiger partial charge >= 0.3 is 0 Å². The van der Waals surface area contributed by atoms with Crippen LogP contribution < -0.4 is 10.1 Å². The van der Waals surface area contributed by atoms with Crippen molar-refractivity contribution in [1.29, 1.82) is 0 Å². The van der Waals surface area contributed by atoms with E-state index >= 15 is 0 Å². The first kappa shape index (κ1) is 22.4. The van der Waals surface area contributed by atoms with Gasteiger partial charge in [-0.25, -0.2) is 4.98 Å². The molecule has 0 aliphatic carbocycles. The van der Waals surface area contributed by atoms with Gasteiger partial charge in [0.1, 0.15) is 10.8 Å². The lowest BCUT2D eigenvalue weighted by Gasteiger charge is -2.12. The average Bonchev–Trinajstić information content (AvgIpc) is 3.19. The van der Waals surface area contributed by atoms with Crippen LogP contribution in [-0.2, 0) is 10.5 Å². The van der Waals surface area contributed by atoms with Crippen LogP contribution in [0.5, 0.6) is 5.75 Å². The van der Waals surface area contributed by atoms with Gasteiger partial charge in [-0.3, -0.25) is 4.79 Å². The maximum atomic E-state index is 12.3. The Bertz CT molecular complexity index is 974. The van der Waals surface area contributed by atoms with E-state index in [1.165, 1.54) is 5.56 Å². The van der Waals surface area contributed by atoms with Crippen molar-refractivity contribution >= 4 is 34.7 Å². The fourth-order valence-electron chi connectivity index (χ4n) is 3.33. The van der Waals surface area contributed by atoms with Crippen molar-refractivity contribution < 1.29 is 9.53 Å². The summed E-state index contributed by atoms with van der Waals surface area (Å²) in [5.74, 6) is 2.74. The number of ether oxygens (including phenoxy) is 1. The van der Waals surface area contributed by atoms with Crippen LogP contribution in [0.4, 0.5) is 5.69 Å². The first-order valence-corrected chi connectivity index (χ1v) is 12.0. The molecule has 4 nitrogen and oxygen atoms in total. The van der Waals surface area contributed by atoms with E-state index in [1.807, 2.05) is 49.9 Å². The number of anilines is 1. The maximum absolute atomic E-state index is 12.3. The van der Waals surface area contributed by atoms with Crippen molar-refractivity contribution in [2.75, 3.05) is 18.2 Å². The standard InChI is InChI=1S/C24H28N2O2S2/c1-16-12-17(2)23(18(3)13-16)26-22(27)6-5-11-29-14-20-15-30-24(25-20)19-7-9-21(28-4)10-8-19/h7-10,12-13,15H,5-6,11,14H2,1-4H3,(H,26,27). The highest BCUT2D eigenvalue weighted by Crippen LogP contribution is 2.27. The molecule has 0 bridgehead atoms. The minimum absolute atomic E-state index is 0.0844. The van der Waals surface area contributed by atoms with Crippen LogP contribution >= 0.6 is 23.1 Å². The van der Waals surface area contributed by atoms with E-state index in [0.717, 1.165) is 56.8 Å². The van der Waals surface area contributed by atoms with E-state index < -0.39 is 0 Å². The number of nitrogens with zero attached hydrogens (tertiary/aromatic N) is 1. The molecule has 2 aromatic carbocycles. The number of aryl methyl sites for hydroxylation is 3. The summed E-state index contributed by atoms with van der Waals surface area (Å²) in [5.41, 5.74) is 6.60. The topological polar surface area (TPSA) is 51.2 Å². The zero-order valence-corrected chi connectivity index (χ0v) is 19.6. The van der Waals surface area contributed by atoms with Gasteiger partial charge in [-0.05, 0) is 68.3 Å². The molecule has 30 heavy (non-hydrogen) atoms. The fraction of sp³-hybridized carbons (Fsp3) is 0.333. The van der Waals surface area contributed by atoms with Crippen LogP contribution in [0.1, 0.15) is 35.2 Å². The lowest BCUT2D eigenvalue weighted by molar-refractivity contribution is -0.116. The Kier molecular flexibility index (Phi) is 7.94. The number of benzene rings is 2. The van der Waals surface area contributed by atoms with Crippen LogP contribution in [0.25, 0.3) is 10.6 Å². The third-order valence-corrected chi connectivity index (χ3v) is 6.79. The lowest BCUT2D eigenvalue weighted by atomic mass is 10.0. The zero-order chi connectivity index (χ0) is 21.5. The third-order valence-electron chi connectivity index (χ3n) is 4.77. The van der Waals surface area contributed by atoms with Crippen molar-refractivity contribution in [1.82, 2.24) is 4.98 Å². The number of rotatable bonds is 9. The van der Waals surface area contributed by atoms with Crippen molar-refractivity contribution in [2.45, 2.75) is 39.4 Å². The summed E-state index contributed by atoms with van der Waals surface area (Å²) < 4.78 is 5.20. The predicted octanol–water partition coefficient (Wildman–Crippen LogP) is 6.40. The molecule has 0 aliphatic rings. The largest absolute Gasteiger partial charge is 0.497 e. The molecule has 0 fully saturated rings. The number of nitrogens with one attached hydrogen (secondary N) is 1. The van der Waals surface area contributed by atoms with Crippen LogP contribution in [0.2, 0.25) is 0 Å². The highest BCUT2D eigenvalue weighted by Gasteiger charge is 2.09. The Morgan fingerprint density at radius 3 is 2.50 bits per heavy atom. The molecule has 0 spiro atoms. The minimum Gasteiger partial charge on any atom is -0.497 e. The van der Waals surface area contributed by atoms with Gasteiger partial charge in [-0.15, -0.1) is 11.3 Å². The molecule has 0 saturated carbocycles. The minimum atomic E-state index is 0.0844. The lowest BCUT2D eigenvalue weighted by Crippen LogP contribution is -2.13. The van der Waals surface area contributed by atoms with E-state index in [9.17, 15) is 4.79 Å². The van der Waals surface area contributed by atoms with Crippen LogP contribution in [-0.4, -0.2) is 23.8 Å². The Hall–Kier alpha value is -2.31. The van der Waals surface area contributed by atoms with Gasteiger partial charge in [0.05, 0.1) is 12.8 Å². The Morgan fingerprint density at radius 2 is 1.83 bits per heavy atom. The summed E-state index contributed by atoms with van der Waals surface area (Å²) in [5, 5.41) is 6.21. The van der Waals surface area contributed by atoms with E-state index in [-0.39, 0.29) is 5.91 Å². The molecule has 3 rings (SSSR count). The second-order valence-electron chi connectivity index (χ2n) is 7.35. The van der Waals surface area contributed by atoms with Gasteiger partial charge < -0.3 is 10.1 Å². The number of aromatic nitrogens is 1. The smallest absolute Gasteiger partial charge is 0.224 e. The normalized spacial score (nSPS) is 10.8. The number of methoxy groups -OCH3 is 1. The van der Waals surface area contributed by atoms with Crippen LogP contribution in [0.15, 0.2) is 41.8 Å². The van der Waals surface area contributed by atoms with Crippen molar-refractivity contribution in [3.8, 4) is 16.3 Å². The van der Waals surface area contributed by atoms with Crippen molar-refractivity contribution in [2.24, 2.45) is 0 Å². The van der Waals surface area contributed by atoms with Gasteiger partial charge in [-0.2, -0.15) is 11.8 Å². The summed E-state index contributed by atoms with van der Waals surface area (Å²) >= 11 is 3.48. The van der Waals surface area contributed by atoms with Crippen molar-refractivity contribution in [3.05, 3.63) is 64.2 Å². The zero-order valence-electron chi connectivity index (χ0n) is 18.0. The summed E-state index contributed by atoms with van der Waals surface area (Å²) in [6.45, 7) is 6.16. The highest BCUT2D eigenvalue weighted by molar-refractivity contribution is 7.98. The molecule has 158 valence electrons. The van der Waals surface area contributed by atoms with E-state index in [0.29, 0.717) is 6.42 Å². The van der Waals surface area contributed by atoms with Gasteiger partial charge in [0.2, 0.25) is 5.91 Å². The van der Waals surface area contributed by atoms with Gasteiger partial charge in [0.25, 0.3) is 0 Å². The maximum Gasteiger partial charge on any atom is 0.224 e. The number of amides is 1. The number of carbonyl (C=O) groups excluding carboxylic acids is 1. The molecule has 6 heteroatoms. The summed E-state index contributed by atoms with van der Waals surface area (Å²) in [7, 11) is 1.67. The van der Waals surface area contributed by atoms with Gasteiger partial charge in [-0.1, -0.05) is 17.7 Å². The molecular formula is C24H28N2O2S2. The first-order chi connectivity index (χ1) is 14.5. The van der Waals surface area contributed by atoms with E-state index in [2.05, 4.69) is 29.8 Å². The van der Waals surface area contributed by atoms with Gasteiger partial charge in [0, 0.05) is 28.8 Å². The molecule has 1 N–H and O–H groups in total. The molecule has 0 saturated heterocycles. The Balaban J connectivity index is 1.40. The quantitative estimate of drug-likeness (QED) is 0.391. The molecule has 1 amide bonds. The highest BCUT2D eigenvalue weighted by atomic mass is 32.2. The number of hydrogen-bond donors (Lipinski definition) is 1. The number of hydrogen-bond acceptors (Lipinski definition) is 5. The fourth-order valence-corrected chi connectivity index (χ4v) is 5.11. The predicted molar refractivity (Wildman–Crippen MR) is 129 cm³/mol. The molecule has 0 aliphatic heterocycles. The molecule has 0 radical (unpaired) electrons. The monoisotopic (exact) mass is 440 g/mol. The second-order valence-corrected chi connectivity index (χ2v) is 9.31. The molecule has 1 heterocycles. The Morgan fingerprint density at radius 1 is 1.13 bits per heavy atom. The van der Waals surface area contributed by atoms with E-state index in [4.69, 9.17) is 9.72 Å². The summed E-state index contributed by atoms with van der Waals surface area (Å²) in [4.78, 5) is 17.0. The average molecular weight is 441 g/mol. The SMILES string of the molecule is COc1ccc(-c2nc(CSCCCC(=O)Nc3c(C)cc(C)cc3C)cs2)cc1. The van der Waals surface area contributed by atoms with Gasteiger partial charge in [0.15, 0.2) is 0 Å². The number of thiazole rings is 1. The molecule has 0 atom stereocenters. The Labute approximate surface area is 187 Å². The summed E-state index contributed by atoms with van der Waals surface area (Å²) in [6.07, 6.45) is 1.39. The second kappa shape index (κ2) is 10.6. The molecular weight excluding hydrogens is 412 g/mol. The van der Waals surface area contributed by atoms with Crippen LogP contribution in [0.3, 0.4) is 0 Å². The molecule has 1 aromatic heterocycles.